The summed E-state index contributed by atoms with van der Waals surface area (Å²) in [5.41, 5.74) is 1.01. The molecule has 0 aliphatic carbocycles. The first-order chi connectivity index (χ1) is 9.37. The maximum absolute atomic E-state index is 12.2. The molecule has 0 amide bonds. The van der Waals surface area contributed by atoms with Crippen molar-refractivity contribution in [3.63, 3.8) is 0 Å². The van der Waals surface area contributed by atoms with Gasteiger partial charge in [0.25, 0.3) is 10.0 Å². The Kier molecular flexibility index (Phi) is 4.66. The van der Waals surface area contributed by atoms with Gasteiger partial charge in [-0.05, 0) is 19.1 Å². The van der Waals surface area contributed by atoms with E-state index in [1.807, 2.05) is 20.8 Å². The maximum Gasteiger partial charge on any atom is 0.263 e. The Bertz CT molecular complexity index is 678. The van der Waals surface area contributed by atoms with Gasteiger partial charge in [0.15, 0.2) is 4.34 Å². The number of rotatable bonds is 5. The molecule has 0 bridgehead atoms. The summed E-state index contributed by atoms with van der Waals surface area (Å²) in [6.07, 6.45) is 0. The standard InChI is InChI=1S/C12H15N3O2S3/c1-8(2)18-12-14-13-11(19-12)15-20(16,17)10-6-4-9(3)5-7-10/h4-8H,1-3H3,(H,13,15). The van der Waals surface area contributed by atoms with E-state index in [1.165, 1.54) is 11.3 Å². The van der Waals surface area contributed by atoms with Gasteiger partial charge in [-0.15, -0.1) is 10.2 Å². The highest BCUT2D eigenvalue weighted by Crippen LogP contribution is 2.29. The fraction of sp³-hybridized carbons (Fsp3) is 0.333. The lowest BCUT2D eigenvalue weighted by atomic mass is 10.2. The highest BCUT2D eigenvalue weighted by atomic mass is 32.2. The van der Waals surface area contributed by atoms with Crippen LogP contribution in [0.15, 0.2) is 33.5 Å². The Morgan fingerprint density at radius 3 is 2.45 bits per heavy atom. The zero-order valence-corrected chi connectivity index (χ0v) is 13.8. The summed E-state index contributed by atoms with van der Waals surface area (Å²) in [4.78, 5) is 0.219. The minimum Gasteiger partial charge on any atom is -0.253 e. The second-order valence-corrected chi connectivity index (χ2v) is 8.94. The number of hydrogen-bond donors (Lipinski definition) is 1. The number of hydrogen-bond acceptors (Lipinski definition) is 6. The third kappa shape index (κ3) is 3.94. The number of sulfonamides is 1. The van der Waals surface area contributed by atoms with E-state index < -0.39 is 10.0 Å². The maximum atomic E-state index is 12.2. The van der Waals surface area contributed by atoms with E-state index in [2.05, 4.69) is 14.9 Å². The van der Waals surface area contributed by atoms with E-state index in [0.717, 1.165) is 9.90 Å². The van der Waals surface area contributed by atoms with Gasteiger partial charge in [-0.1, -0.05) is 54.6 Å². The van der Waals surface area contributed by atoms with Crippen LogP contribution in [-0.2, 0) is 10.0 Å². The molecule has 0 saturated heterocycles. The molecule has 0 fully saturated rings. The average molecular weight is 329 g/mol. The van der Waals surface area contributed by atoms with Crippen LogP contribution >= 0.6 is 23.1 Å². The van der Waals surface area contributed by atoms with E-state index in [-0.39, 0.29) is 10.0 Å². The van der Waals surface area contributed by atoms with Crippen LogP contribution in [0.4, 0.5) is 5.13 Å². The van der Waals surface area contributed by atoms with Gasteiger partial charge in [0.1, 0.15) is 0 Å². The normalized spacial score (nSPS) is 11.8. The lowest BCUT2D eigenvalue weighted by Gasteiger charge is -2.04. The molecule has 8 heteroatoms. The molecular weight excluding hydrogens is 314 g/mol. The fourth-order valence-corrected chi connectivity index (χ4v) is 4.60. The first-order valence-corrected chi connectivity index (χ1v) is 9.14. The molecule has 5 nitrogen and oxygen atoms in total. The van der Waals surface area contributed by atoms with Gasteiger partial charge < -0.3 is 0 Å². The summed E-state index contributed by atoms with van der Waals surface area (Å²) in [6, 6.07) is 6.66. The summed E-state index contributed by atoms with van der Waals surface area (Å²) in [6.45, 7) is 5.99. The van der Waals surface area contributed by atoms with E-state index >= 15 is 0 Å². The largest absolute Gasteiger partial charge is 0.263 e. The zero-order valence-electron chi connectivity index (χ0n) is 11.3. The molecule has 0 radical (unpaired) electrons. The third-order valence-electron chi connectivity index (χ3n) is 2.30. The van der Waals surface area contributed by atoms with Crippen molar-refractivity contribution >= 4 is 38.3 Å². The first kappa shape index (κ1) is 15.3. The highest BCUT2D eigenvalue weighted by Gasteiger charge is 2.17. The summed E-state index contributed by atoms with van der Waals surface area (Å²) < 4.78 is 27.5. The molecule has 0 atom stereocenters. The van der Waals surface area contributed by atoms with Gasteiger partial charge >= 0.3 is 0 Å². The highest BCUT2D eigenvalue weighted by molar-refractivity contribution is 8.01. The lowest BCUT2D eigenvalue weighted by molar-refractivity contribution is 0.601. The summed E-state index contributed by atoms with van der Waals surface area (Å²) in [5.74, 6) is 0. The minimum absolute atomic E-state index is 0.219. The number of anilines is 1. The predicted molar refractivity (Wildman–Crippen MR) is 82.9 cm³/mol. The number of aromatic nitrogens is 2. The van der Waals surface area contributed by atoms with Crippen molar-refractivity contribution in [1.82, 2.24) is 10.2 Å². The molecule has 0 unspecified atom stereocenters. The van der Waals surface area contributed by atoms with Crippen LogP contribution in [0.3, 0.4) is 0 Å². The average Bonchev–Trinajstić information content (AvgIpc) is 2.75. The van der Waals surface area contributed by atoms with E-state index in [1.54, 1.807) is 36.0 Å². The van der Waals surface area contributed by atoms with E-state index in [4.69, 9.17) is 0 Å². The molecule has 1 aromatic carbocycles. The molecule has 0 aliphatic heterocycles. The SMILES string of the molecule is Cc1ccc(S(=O)(=O)Nc2nnc(SC(C)C)s2)cc1. The van der Waals surface area contributed by atoms with Crippen LogP contribution in [-0.4, -0.2) is 23.9 Å². The lowest BCUT2D eigenvalue weighted by Crippen LogP contribution is -2.12. The van der Waals surface area contributed by atoms with E-state index in [0.29, 0.717) is 5.25 Å². The molecule has 108 valence electrons. The number of aryl methyl sites for hydroxylation is 1. The van der Waals surface area contributed by atoms with Gasteiger partial charge in [0.05, 0.1) is 4.90 Å². The second kappa shape index (κ2) is 6.11. The summed E-state index contributed by atoms with van der Waals surface area (Å²) in [5, 5.41) is 8.47. The Morgan fingerprint density at radius 2 is 1.85 bits per heavy atom. The van der Waals surface area contributed by atoms with Crippen molar-refractivity contribution in [3.8, 4) is 0 Å². The molecule has 0 saturated carbocycles. The molecule has 20 heavy (non-hydrogen) atoms. The van der Waals surface area contributed by atoms with Crippen LogP contribution < -0.4 is 4.72 Å². The van der Waals surface area contributed by atoms with Gasteiger partial charge in [-0.3, -0.25) is 4.72 Å². The number of nitrogens with one attached hydrogen (secondary N) is 1. The van der Waals surface area contributed by atoms with Crippen LogP contribution in [0.25, 0.3) is 0 Å². The molecule has 1 aromatic heterocycles. The van der Waals surface area contributed by atoms with Gasteiger partial charge in [-0.2, -0.15) is 0 Å². The summed E-state index contributed by atoms with van der Waals surface area (Å²) in [7, 11) is -3.60. The Balaban J connectivity index is 2.16. The molecule has 2 aromatic rings. The molecule has 1 heterocycles. The number of nitrogens with zero attached hydrogens (tertiary/aromatic N) is 2. The van der Waals surface area contributed by atoms with Crippen LogP contribution in [0.5, 0.6) is 0 Å². The van der Waals surface area contributed by atoms with Crippen molar-refractivity contribution < 1.29 is 8.42 Å². The molecule has 1 N–H and O–H groups in total. The van der Waals surface area contributed by atoms with Crippen LogP contribution in [0.1, 0.15) is 19.4 Å². The van der Waals surface area contributed by atoms with Crippen molar-refractivity contribution in [2.24, 2.45) is 0 Å². The van der Waals surface area contributed by atoms with Gasteiger partial charge in [0.2, 0.25) is 5.13 Å². The Labute approximate surface area is 126 Å². The molecule has 2 rings (SSSR count). The fourth-order valence-electron chi connectivity index (χ4n) is 1.39. The molecular formula is C12H15N3O2S3. The smallest absolute Gasteiger partial charge is 0.253 e. The Hall–Kier alpha value is -1.12. The van der Waals surface area contributed by atoms with Gasteiger partial charge in [0, 0.05) is 5.25 Å². The zero-order chi connectivity index (χ0) is 14.8. The van der Waals surface area contributed by atoms with E-state index in [9.17, 15) is 8.42 Å². The Morgan fingerprint density at radius 1 is 1.20 bits per heavy atom. The van der Waals surface area contributed by atoms with Crippen molar-refractivity contribution in [3.05, 3.63) is 29.8 Å². The quantitative estimate of drug-likeness (QED) is 0.853. The number of thioether (sulfide) groups is 1. The molecule has 0 aliphatic rings. The van der Waals surface area contributed by atoms with Crippen molar-refractivity contribution in [2.75, 3.05) is 4.72 Å². The molecule has 0 spiro atoms. The van der Waals surface area contributed by atoms with Crippen molar-refractivity contribution in [2.45, 2.75) is 35.3 Å². The first-order valence-electron chi connectivity index (χ1n) is 5.96. The third-order valence-corrected chi connectivity index (χ3v) is 5.71. The van der Waals surface area contributed by atoms with Crippen LogP contribution in [0.2, 0.25) is 0 Å². The van der Waals surface area contributed by atoms with Crippen molar-refractivity contribution in [1.29, 1.82) is 0 Å². The minimum atomic E-state index is -3.60. The van der Waals surface area contributed by atoms with Crippen LogP contribution in [0, 0.1) is 6.92 Å². The summed E-state index contributed by atoms with van der Waals surface area (Å²) >= 11 is 2.79. The van der Waals surface area contributed by atoms with Gasteiger partial charge in [-0.25, -0.2) is 8.42 Å². The number of benzene rings is 1. The second-order valence-electron chi connectivity index (χ2n) is 4.46. The predicted octanol–water partition coefficient (Wildman–Crippen LogP) is 3.15. The monoisotopic (exact) mass is 329 g/mol. The topological polar surface area (TPSA) is 72.0 Å².